The largest absolute Gasteiger partial charge is 0.497 e. The number of ketones is 1. The van der Waals surface area contributed by atoms with E-state index in [2.05, 4.69) is 15.1 Å². The fourth-order valence-corrected chi connectivity index (χ4v) is 4.74. The molecule has 6 nitrogen and oxygen atoms in total. The second-order valence-corrected chi connectivity index (χ2v) is 7.59. The van der Waals surface area contributed by atoms with Gasteiger partial charge in [0.1, 0.15) is 17.1 Å². The Morgan fingerprint density at radius 1 is 1.12 bits per heavy atom. The molecule has 3 fully saturated rings. The van der Waals surface area contributed by atoms with Crippen LogP contribution in [0.25, 0.3) is 0 Å². The van der Waals surface area contributed by atoms with Crippen molar-refractivity contribution in [2.45, 2.75) is 50.1 Å². The minimum absolute atomic E-state index is 0.0694. The third kappa shape index (κ3) is 2.86. The lowest BCUT2D eigenvalue weighted by molar-refractivity contribution is -0.128. The Hall–Kier alpha value is -2.08. The van der Waals surface area contributed by atoms with Crippen LogP contribution in [-0.4, -0.2) is 55.0 Å². The van der Waals surface area contributed by atoms with Crippen LogP contribution in [0.4, 0.5) is 5.69 Å². The summed E-state index contributed by atoms with van der Waals surface area (Å²) in [4.78, 5) is 29.5. The first-order chi connectivity index (χ1) is 12.6. The molecule has 26 heavy (non-hydrogen) atoms. The van der Waals surface area contributed by atoms with Gasteiger partial charge in [0.15, 0.2) is 0 Å². The maximum Gasteiger partial charge on any atom is 0.247 e. The van der Waals surface area contributed by atoms with Gasteiger partial charge in [-0.25, -0.2) is 0 Å². The molecular weight excluding hydrogens is 330 g/mol. The summed E-state index contributed by atoms with van der Waals surface area (Å²) in [5, 5.41) is 3.03. The Balaban J connectivity index is 1.51. The zero-order valence-electron chi connectivity index (χ0n) is 15.4. The SMILES string of the molecule is COc1ccc(N2CNC(=O)C23CCN(C2CCCCC2=O)CC3)cc1. The quantitative estimate of drug-likeness (QED) is 0.896. The normalized spacial score (nSPS) is 26.2. The van der Waals surface area contributed by atoms with Crippen LogP contribution >= 0.6 is 0 Å². The molecule has 1 aromatic carbocycles. The minimum atomic E-state index is -0.497. The zero-order chi connectivity index (χ0) is 18.1. The number of anilines is 1. The van der Waals surface area contributed by atoms with Gasteiger partial charge in [0.05, 0.1) is 19.8 Å². The van der Waals surface area contributed by atoms with Crippen LogP contribution in [0.5, 0.6) is 5.75 Å². The number of likely N-dealkylation sites (tertiary alicyclic amines) is 1. The number of Topliss-reactive ketones (excluding diaryl/α,β-unsaturated/α-hetero) is 1. The number of carbonyl (C=O) groups is 2. The van der Waals surface area contributed by atoms with Gasteiger partial charge >= 0.3 is 0 Å². The highest BCUT2D eigenvalue weighted by Gasteiger charge is 2.51. The van der Waals surface area contributed by atoms with Crippen LogP contribution in [0.1, 0.15) is 38.5 Å². The molecule has 1 atom stereocenters. The predicted octanol–water partition coefficient (Wildman–Crippen LogP) is 1.94. The van der Waals surface area contributed by atoms with Gasteiger partial charge in [-0.1, -0.05) is 6.42 Å². The number of hydrogen-bond donors (Lipinski definition) is 1. The van der Waals surface area contributed by atoms with Crippen molar-refractivity contribution in [2.24, 2.45) is 0 Å². The van der Waals surface area contributed by atoms with Crippen molar-refractivity contribution >= 4 is 17.4 Å². The molecule has 2 saturated heterocycles. The average Bonchev–Trinajstić information content (AvgIpc) is 2.99. The summed E-state index contributed by atoms with van der Waals surface area (Å²) in [5.41, 5.74) is 0.536. The van der Waals surface area contributed by atoms with Crippen molar-refractivity contribution in [3.8, 4) is 5.75 Å². The summed E-state index contributed by atoms with van der Waals surface area (Å²) in [5.74, 6) is 1.31. The second kappa shape index (κ2) is 6.91. The van der Waals surface area contributed by atoms with E-state index in [4.69, 9.17) is 4.74 Å². The third-order valence-electron chi connectivity index (χ3n) is 6.31. The average molecular weight is 357 g/mol. The van der Waals surface area contributed by atoms with Gasteiger partial charge in [-0.15, -0.1) is 0 Å². The summed E-state index contributed by atoms with van der Waals surface area (Å²) >= 11 is 0. The number of rotatable bonds is 3. The Morgan fingerprint density at radius 3 is 2.50 bits per heavy atom. The number of benzene rings is 1. The lowest BCUT2D eigenvalue weighted by Gasteiger charge is -2.45. The molecule has 0 bridgehead atoms. The van der Waals surface area contributed by atoms with Crippen LogP contribution in [-0.2, 0) is 9.59 Å². The lowest BCUT2D eigenvalue weighted by atomic mass is 9.83. The minimum Gasteiger partial charge on any atom is -0.497 e. The number of amides is 1. The van der Waals surface area contributed by atoms with Gasteiger partial charge in [0.2, 0.25) is 5.91 Å². The van der Waals surface area contributed by atoms with Crippen LogP contribution < -0.4 is 15.0 Å². The summed E-state index contributed by atoms with van der Waals surface area (Å²) in [6.45, 7) is 2.14. The van der Waals surface area contributed by atoms with Crippen molar-refractivity contribution in [3.63, 3.8) is 0 Å². The monoisotopic (exact) mass is 357 g/mol. The van der Waals surface area contributed by atoms with E-state index in [1.54, 1.807) is 7.11 Å². The number of ether oxygens (including phenoxy) is 1. The highest BCUT2D eigenvalue weighted by molar-refractivity contribution is 5.93. The van der Waals surface area contributed by atoms with Gasteiger partial charge in [-0.05, 0) is 49.9 Å². The highest BCUT2D eigenvalue weighted by atomic mass is 16.5. The Bertz CT molecular complexity index is 680. The van der Waals surface area contributed by atoms with E-state index in [0.717, 1.165) is 56.6 Å². The number of nitrogens with zero attached hydrogens (tertiary/aromatic N) is 2. The smallest absolute Gasteiger partial charge is 0.247 e. The molecule has 2 heterocycles. The summed E-state index contributed by atoms with van der Waals surface area (Å²) < 4.78 is 5.24. The Kier molecular flexibility index (Phi) is 4.61. The summed E-state index contributed by atoms with van der Waals surface area (Å²) in [6, 6.07) is 7.96. The first kappa shape index (κ1) is 17.3. The van der Waals surface area contributed by atoms with E-state index in [0.29, 0.717) is 18.9 Å². The molecule has 1 spiro atoms. The van der Waals surface area contributed by atoms with E-state index in [9.17, 15) is 9.59 Å². The van der Waals surface area contributed by atoms with E-state index in [1.165, 1.54) is 0 Å². The van der Waals surface area contributed by atoms with Crippen LogP contribution in [0, 0.1) is 0 Å². The molecule has 1 saturated carbocycles. The number of nitrogens with one attached hydrogen (secondary N) is 1. The maximum absolute atomic E-state index is 12.7. The molecular formula is C20H27N3O3. The fraction of sp³-hybridized carbons (Fsp3) is 0.600. The molecule has 1 aliphatic carbocycles. The number of piperidine rings is 1. The number of carbonyl (C=O) groups excluding carboxylic acids is 2. The fourth-order valence-electron chi connectivity index (χ4n) is 4.74. The molecule has 1 aromatic rings. The molecule has 3 aliphatic rings. The van der Waals surface area contributed by atoms with Gasteiger partial charge in [0, 0.05) is 25.2 Å². The topological polar surface area (TPSA) is 61.9 Å². The van der Waals surface area contributed by atoms with Crippen LogP contribution in [0.15, 0.2) is 24.3 Å². The van der Waals surface area contributed by atoms with E-state index in [-0.39, 0.29) is 11.9 Å². The number of methoxy groups -OCH3 is 1. The van der Waals surface area contributed by atoms with Crippen LogP contribution in [0.2, 0.25) is 0 Å². The first-order valence-electron chi connectivity index (χ1n) is 9.61. The lowest BCUT2D eigenvalue weighted by Crippen LogP contribution is -2.59. The molecule has 4 rings (SSSR count). The molecule has 0 radical (unpaired) electrons. The molecule has 0 aromatic heterocycles. The summed E-state index contributed by atoms with van der Waals surface area (Å²) in [6.07, 6.45) is 5.37. The van der Waals surface area contributed by atoms with Crippen molar-refractivity contribution in [1.82, 2.24) is 10.2 Å². The first-order valence-corrected chi connectivity index (χ1v) is 9.61. The molecule has 1 unspecified atom stereocenters. The van der Waals surface area contributed by atoms with E-state index in [1.807, 2.05) is 24.3 Å². The number of hydrogen-bond acceptors (Lipinski definition) is 5. The van der Waals surface area contributed by atoms with Crippen molar-refractivity contribution in [2.75, 3.05) is 31.8 Å². The summed E-state index contributed by atoms with van der Waals surface area (Å²) in [7, 11) is 1.65. The van der Waals surface area contributed by atoms with E-state index >= 15 is 0 Å². The standard InChI is InChI=1S/C20H27N3O3/c1-26-16-8-6-15(7-9-16)23-14-21-19(25)20(23)10-12-22(13-11-20)17-4-2-3-5-18(17)24/h6-9,17H,2-5,10-14H2,1H3,(H,21,25). The molecule has 2 aliphatic heterocycles. The van der Waals surface area contributed by atoms with E-state index < -0.39 is 5.54 Å². The van der Waals surface area contributed by atoms with Gasteiger partial charge < -0.3 is 15.0 Å². The Labute approximate surface area is 154 Å². The van der Waals surface area contributed by atoms with Crippen molar-refractivity contribution < 1.29 is 14.3 Å². The van der Waals surface area contributed by atoms with Gasteiger partial charge in [0.25, 0.3) is 0 Å². The molecule has 6 heteroatoms. The molecule has 140 valence electrons. The molecule has 1 amide bonds. The third-order valence-corrected chi connectivity index (χ3v) is 6.31. The highest BCUT2D eigenvalue weighted by Crippen LogP contribution is 2.38. The predicted molar refractivity (Wildman–Crippen MR) is 99.3 cm³/mol. The maximum atomic E-state index is 12.7. The second-order valence-electron chi connectivity index (χ2n) is 7.59. The van der Waals surface area contributed by atoms with Gasteiger partial charge in [-0.3, -0.25) is 14.5 Å². The van der Waals surface area contributed by atoms with Crippen molar-refractivity contribution in [3.05, 3.63) is 24.3 Å². The molecule has 1 N–H and O–H groups in total. The zero-order valence-corrected chi connectivity index (χ0v) is 15.4. The van der Waals surface area contributed by atoms with Gasteiger partial charge in [-0.2, -0.15) is 0 Å². The van der Waals surface area contributed by atoms with Crippen LogP contribution in [0.3, 0.4) is 0 Å². The Morgan fingerprint density at radius 2 is 1.85 bits per heavy atom. The van der Waals surface area contributed by atoms with Crippen molar-refractivity contribution in [1.29, 1.82) is 0 Å².